The Labute approximate surface area is 187 Å². The number of Topliss-reactive ketones (excluding diaryl/α,β-unsaturated/α-hetero) is 2. The number of carbonyl (C=O) groups is 3. The predicted molar refractivity (Wildman–Crippen MR) is 118 cm³/mol. The van der Waals surface area contributed by atoms with Crippen LogP contribution in [0.2, 0.25) is 0 Å². The molecule has 4 rings (SSSR count). The summed E-state index contributed by atoms with van der Waals surface area (Å²) in [6, 6.07) is 12.4. The van der Waals surface area contributed by atoms with Crippen molar-refractivity contribution in [1.29, 1.82) is 0 Å². The van der Waals surface area contributed by atoms with Crippen molar-refractivity contribution in [2.45, 2.75) is 37.7 Å². The third-order valence-electron chi connectivity index (χ3n) is 6.27. The van der Waals surface area contributed by atoms with Crippen molar-refractivity contribution < 1.29 is 28.6 Å². The van der Waals surface area contributed by atoms with Gasteiger partial charge in [0.15, 0.2) is 11.6 Å². The molecule has 1 spiro atoms. The predicted octanol–water partition coefficient (Wildman–Crippen LogP) is 3.69. The Bertz CT molecular complexity index is 1020. The highest BCUT2D eigenvalue weighted by atomic mass is 16.5. The average molecular weight is 437 g/mol. The molecule has 2 aromatic rings. The van der Waals surface area contributed by atoms with E-state index in [1.54, 1.807) is 36.3 Å². The molecule has 2 aliphatic rings. The molecule has 1 saturated heterocycles. The minimum atomic E-state index is -0.641. The number of rotatable bonds is 6. The van der Waals surface area contributed by atoms with E-state index in [2.05, 4.69) is 0 Å². The van der Waals surface area contributed by atoms with Crippen LogP contribution in [0.5, 0.6) is 17.2 Å². The minimum Gasteiger partial charge on any atom is -0.496 e. The fraction of sp³-hybridized carbons (Fsp3) is 0.400. The normalized spacial score (nSPS) is 16.8. The molecule has 2 heterocycles. The van der Waals surface area contributed by atoms with Gasteiger partial charge < -0.3 is 19.1 Å². The number of ketones is 2. The first-order chi connectivity index (χ1) is 15.4. The van der Waals surface area contributed by atoms with Crippen molar-refractivity contribution in [2.75, 3.05) is 27.3 Å². The molecule has 2 aromatic carbocycles. The summed E-state index contributed by atoms with van der Waals surface area (Å²) in [5.41, 5.74) is 0.423. The molecule has 1 amide bonds. The van der Waals surface area contributed by atoms with Gasteiger partial charge in [-0.2, -0.15) is 0 Å². The highest BCUT2D eigenvalue weighted by Crippen LogP contribution is 2.44. The molecule has 0 N–H and O–H groups in total. The number of benzene rings is 2. The van der Waals surface area contributed by atoms with Crippen LogP contribution < -0.4 is 14.2 Å². The second kappa shape index (κ2) is 9.02. The largest absolute Gasteiger partial charge is 0.496 e. The summed E-state index contributed by atoms with van der Waals surface area (Å²) in [7, 11) is 3.06. The van der Waals surface area contributed by atoms with Crippen molar-refractivity contribution in [2.24, 2.45) is 0 Å². The van der Waals surface area contributed by atoms with E-state index in [-0.39, 0.29) is 36.7 Å². The van der Waals surface area contributed by atoms with E-state index in [9.17, 15) is 14.4 Å². The van der Waals surface area contributed by atoms with Crippen molar-refractivity contribution >= 4 is 17.5 Å². The number of nitrogens with zero attached hydrogens (tertiary/aromatic N) is 1. The van der Waals surface area contributed by atoms with Gasteiger partial charge in [-0.15, -0.1) is 0 Å². The third kappa shape index (κ3) is 4.33. The van der Waals surface area contributed by atoms with Gasteiger partial charge in [0.25, 0.3) is 0 Å². The van der Waals surface area contributed by atoms with Crippen LogP contribution in [0.1, 0.15) is 52.8 Å². The maximum atomic E-state index is 12.9. The fourth-order valence-corrected chi connectivity index (χ4v) is 4.44. The molecule has 7 nitrogen and oxygen atoms in total. The summed E-state index contributed by atoms with van der Waals surface area (Å²) in [5.74, 6) is 1.35. The molecule has 0 bridgehead atoms. The molecule has 0 aliphatic carbocycles. The number of piperidine rings is 1. The molecule has 0 aromatic heterocycles. The summed E-state index contributed by atoms with van der Waals surface area (Å²) < 4.78 is 17.0. The molecule has 0 atom stereocenters. The van der Waals surface area contributed by atoms with Gasteiger partial charge in [-0.25, -0.2) is 0 Å². The second-order valence-electron chi connectivity index (χ2n) is 8.26. The van der Waals surface area contributed by atoms with Crippen molar-refractivity contribution in [3.63, 3.8) is 0 Å². The Morgan fingerprint density at radius 2 is 1.75 bits per heavy atom. The Morgan fingerprint density at radius 1 is 1.03 bits per heavy atom. The summed E-state index contributed by atoms with van der Waals surface area (Å²) in [5, 5.41) is 0. The molecular formula is C25H27NO6. The number of amides is 1. The van der Waals surface area contributed by atoms with Gasteiger partial charge in [-0.1, -0.05) is 30.3 Å². The number of carbonyl (C=O) groups excluding carboxylic acids is 3. The first-order valence-corrected chi connectivity index (χ1v) is 10.8. The zero-order valence-electron chi connectivity index (χ0n) is 18.4. The first-order valence-electron chi connectivity index (χ1n) is 10.8. The van der Waals surface area contributed by atoms with Gasteiger partial charge in [-0.05, 0) is 0 Å². The first kappa shape index (κ1) is 21.9. The fourth-order valence-electron chi connectivity index (χ4n) is 4.44. The summed E-state index contributed by atoms with van der Waals surface area (Å²) >= 11 is 0. The maximum absolute atomic E-state index is 12.9. The monoisotopic (exact) mass is 437 g/mol. The number of hydrogen-bond acceptors (Lipinski definition) is 6. The van der Waals surface area contributed by atoms with Gasteiger partial charge in [0.05, 0.1) is 20.6 Å². The van der Waals surface area contributed by atoms with Gasteiger partial charge in [0, 0.05) is 56.5 Å². The van der Waals surface area contributed by atoms with Crippen LogP contribution in [-0.4, -0.2) is 55.3 Å². The number of hydrogen-bond donors (Lipinski definition) is 0. The second-order valence-corrected chi connectivity index (χ2v) is 8.26. The molecule has 32 heavy (non-hydrogen) atoms. The highest BCUT2D eigenvalue weighted by molar-refractivity contribution is 6.03. The van der Waals surface area contributed by atoms with Crippen LogP contribution in [-0.2, 0) is 4.79 Å². The van der Waals surface area contributed by atoms with Crippen molar-refractivity contribution in [3.8, 4) is 17.2 Å². The van der Waals surface area contributed by atoms with Gasteiger partial charge in [0.1, 0.15) is 28.4 Å². The lowest BCUT2D eigenvalue weighted by molar-refractivity contribution is -0.134. The number of likely N-dealkylation sites (tertiary alicyclic amines) is 1. The van der Waals surface area contributed by atoms with Crippen LogP contribution in [0.25, 0.3) is 0 Å². The molecule has 0 radical (unpaired) electrons. The Balaban J connectivity index is 1.38. The van der Waals surface area contributed by atoms with Crippen LogP contribution in [0.4, 0.5) is 0 Å². The van der Waals surface area contributed by atoms with E-state index >= 15 is 0 Å². The van der Waals surface area contributed by atoms with Crippen LogP contribution >= 0.6 is 0 Å². The minimum absolute atomic E-state index is 0.0287. The molecule has 7 heteroatoms. The molecule has 168 valence electrons. The molecule has 1 fully saturated rings. The smallest absolute Gasteiger partial charge is 0.223 e. The van der Waals surface area contributed by atoms with E-state index in [1.807, 2.05) is 18.2 Å². The lowest BCUT2D eigenvalue weighted by Crippen LogP contribution is -2.52. The van der Waals surface area contributed by atoms with Gasteiger partial charge >= 0.3 is 0 Å². The lowest BCUT2D eigenvalue weighted by atomic mass is 9.82. The third-order valence-corrected chi connectivity index (χ3v) is 6.27. The lowest BCUT2D eigenvalue weighted by Gasteiger charge is -2.44. The SMILES string of the molecule is COc1cc(OC)c2c(c1)OC1(CCN(C(=O)CCC(=O)c3ccccc3)CC1)CC2=O. The zero-order valence-corrected chi connectivity index (χ0v) is 18.4. The topological polar surface area (TPSA) is 82.1 Å². The van der Waals surface area contributed by atoms with Crippen molar-refractivity contribution in [3.05, 3.63) is 53.6 Å². The Kier molecular flexibility index (Phi) is 6.17. The zero-order chi connectivity index (χ0) is 22.7. The number of fused-ring (bicyclic) bond motifs is 1. The van der Waals surface area contributed by atoms with Crippen molar-refractivity contribution in [1.82, 2.24) is 4.90 Å². The summed E-state index contributed by atoms with van der Waals surface area (Å²) in [4.78, 5) is 39.7. The van der Waals surface area contributed by atoms with E-state index < -0.39 is 5.60 Å². The molecule has 0 unspecified atom stereocenters. The Hall–Kier alpha value is -3.35. The van der Waals surface area contributed by atoms with E-state index in [0.29, 0.717) is 54.3 Å². The van der Waals surface area contributed by atoms with E-state index in [0.717, 1.165) is 0 Å². The molecular weight excluding hydrogens is 410 g/mol. The Morgan fingerprint density at radius 3 is 2.41 bits per heavy atom. The van der Waals surface area contributed by atoms with Crippen LogP contribution in [0, 0.1) is 0 Å². The van der Waals surface area contributed by atoms with E-state index in [1.165, 1.54) is 7.11 Å². The van der Waals surface area contributed by atoms with E-state index in [4.69, 9.17) is 14.2 Å². The number of ether oxygens (including phenoxy) is 3. The van der Waals surface area contributed by atoms with Crippen LogP contribution in [0.15, 0.2) is 42.5 Å². The number of methoxy groups -OCH3 is 2. The van der Waals surface area contributed by atoms with Gasteiger partial charge in [0.2, 0.25) is 5.91 Å². The molecule has 0 saturated carbocycles. The summed E-state index contributed by atoms with van der Waals surface area (Å²) in [6.07, 6.45) is 1.72. The summed E-state index contributed by atoms with van der Waals surface area (Å²) in [6.45, 7) is 0.976. The maximum Gasteiger partial charge on any atom is 0.223 e. The van der Waals surface area contributed by atoms with Gasteiger partial charge in [-0.3, -0.25) is 14.4 Å². The highest BCUT2D eigenvalue weighted by Gasteiger charge is 2.44. The quantitative estimate of drug-likeness (QED) is 0.641. The van der Waals surface area contributed by atoms with Crippen LogP contribution in [0.3, 0.4) is 0 Å². The molecule has 2 aliphatic heterocycles. The standard InChI is InChI=1S/C25H27NO6/c1-30-18-14-21(31-2)24-20(28)16-25(32-22(24)15-18)10-12-26(13-11-25)23(29)9-8-19(27)17-6-4-3-5-7-17/h3-7,14-15H,8-13,16H2,1-2H3. The average Bonchev–Trinajstić information content (AvgIpc) is 2.82.